The number of anilines is 1. The number of nitrogens with zero attached hydrogens (tertiary/aromatic N) is 4. The third kappa shape index (κ3) is 2.24. The van der Waals surface area contributed by atoms with Gasteiger partial charge in [-0.2, -0.15) is 5.10 Å². The molecule has 0 aliphatic heterocycles. The molecule has 0 fully saturated rings. The van der Waals surface area contributed by atoms with Crippen molar-refractivity contribution in [2.24, 2.45) is 7.05 Å². The zero-order valence-corrected chi connectivity index (χ0v) is 12.9. The highest BCUT2D eigenvalue weighted by atomic mass is 15.2. The Morgan fingerprint density at radius 1 is 1.13 bits per heavy atom. The molecule has 0 atom stereocenters. The van der Waals surface area contributed by atoms with Gasteiger partial charge in [-0.1, -0.05) is 12.1 Å². The molecule has 0 aliphatic rings. The number of benzene rings is 1. The number of aryl methyl sites for hydroxylation is 2. The van der Waals surface area contributed by atoms with Crippen molar-refractivity contribution in [2.45, 2.75) is 6.92 Å². The first-order valence-electron chi connectivity index (χ1n) is 7.33. The second kappa shape index (κ2) is 4.95. The lowest BCUT2D eigenvalue weighted by Crippen LogP contribution is -1.90. The number of hydrogen-bond donors (Lipinski definition) is 2. The van der Waals surface area contributed by atoms with E-state index in [0.29, 0.717) is 5.95 Å². The van der Waals surface area contributed by atoms with E-state index < -0.39 is 0 Å². The minimum absolute atomic E-state index is 0.379. The fourth-order valence-corrected chi connectivity index (χ4v) is 2.78. The van der Waals surface area contributed by atoms with Crippen molar-refractivity contribution in [1.82, 2.24) is 24.7 Å². The average molecular weight is 304 g/mol. The third-order valence-corrected chi connectivity index (χ3v) is 3.89. The van der Waals surface area contributed by atoms with Crippen LogP contribution in [0.25, 0.3) is 33.5 Å². The summed E-state index contributed by atoms with van der Waals surface area (Å²) in [6, 6.07) is 12.0. The van der Waals surface area contributed by atoms with Crippen molar-refractivity contribution in [3.05, 3.63) is 48.3 Å². The molecule has 6 heteroatoms. The number of aromatic nitrogens is 5. The van der Waals surface area contributed by atoms with Crippen molar-refractivity contribution in [2.75, 3.05) is 5.73 Å². The Morgan fingerprint density at radius 3 is 2.83 bits per heavy atom. The fraction of sp³-hybridized carbons (Fsp3) is 0.118. The minimum atomic E-state index is 0.379. The molecule has 6 nitrogen and oxygen atoms in total. The van der Waals surface area contributed by atoms with E-state index in [-0.39, 0.29) is 0 Å². The second-order valence-electron chi connectivity index (χ2n) is 5.55. The van der Waals surface area contributed by atoms with Crippen LogP contribution in [0.5, 0.6) is 0 Å². The van der Waals surface area contributed by atoms with Crippen LogP contribution in [-0.2, 0) is 7.05 Å². The number of H-pyrrole nitrogens is 1. The van der Waals surface area contributed by atoms with Gasteiger partial charge in [-0.15, -0.1) is 0 Å². The lowest BCUT2D eigenvalue weighted by atomic mass is 10.1. The number of fused-ring (bicyclic) bond motifs is 1. The average Bonchev–Trinajstić information content (AvgIpc) is 3.10. The SMILES string of the molecule is Cc1cccc(-c2[nH]c(N)nc2-c2ccc3c(cnn3C)c2)n1. The Bertz CT molecular complexity index is 1010. The van der Waals surface area contributed by atoms with Crippen LogP contribution in [0.2, 0.25) is 0 Å². The highest BCUT2D eigenvalue weighted by Crippen LogP contribution is 2.31. The summed E-state index contributed by atoms with van der Waals surface area (Å²) < 4.78 is 1.85. The number of pyridine rings is 1. The molecule has 1 aromatic carbocycles. The molecule has 0 amide bonds. The van der Waals surface area contributed by atoms with Crippen LogP contribution >= 0.6 is 0 Å². The zero-order valence-electron chi connectivity index (χ0n) is 12.9. The maximum absolute atomic E-state index is 5.90. The van der Waals surface area contributed by atoms with Gasteiger partial charge in [0.1, 0.15) is 0 Å². The maximum atomic E-state index is 5.90. The van der Waals surface area contributed by atoms with Crippen molar-refractivity contribution in [1.29, 1.82) is 0 Å². The molecule has 0 aliphatic carbocycles. The second-order valence-corrected chi connectivity index (χ2v) is 5.55. The molecule has 4 rings (SSSR count). The van der Waals surface area contributed by atoms with Gasteiger partial charge in [-0.05, 0) is 31.2 Å². The monoisotopic (exact) mass is 304 g/mol. The molecular formula is C17H16N6. The number of nitrogens with one attached hydrogen (secondary N) is 1. The van der Waals surface area contributed by atoms with Gasteiger partial charge in [-0.3, -0.25) is 9.67 Å². The molecule has 23 heavy (non-hydrogen) atoms. The quantitative estimate of drug-likeness (QED) is 0.596. The lowest BCUT2D eigenvalue weighted by molar-refractivity contribution is 0.797. The summed E-state index contributed by atoms with van der Waals surface area (Å²) in [6.07, 6.45) is 1.85. The van der Waals surface area contributed by atoms with E-state index in [9.17, 15) is 0 Å². The molecule has 3 heterocycles. The number of nitrogen functional groups attached to an aromatic ring is 1. The van der Waals surface area contributed by atoms with Crippen molar-refractivity contribution >= 4 is 16.9 Å². The zero-order chi connectivity index (χ0) is 16.0. The summed E-state index contributed by atoms with van der Waals surface area (Å²) >= 11 is 0. The van der Waals surface area contributed by atoms with E-state index in [2.05, 4.69) is 26.1 Å². The summed E-state index contributed by atoms with van der Waals surface area (Å²) in [4.78, 5) is 12.1. The largest absolute Gasteiger partial charge is 0.369 e. The van der Waals surface area contributed by atoms with E-state index in [1.807, 2.05) is 55.2 Å². The van der Waals surface area contributed by atoms with Crippen LogP contribution in [0.15, 0.2) is 42.6 Å². The van der Waals surface area contributed by atoms with Crippen LogP contribution in [0.4, 0.5) is 5.95 Å². The summed E-state index contributed by atoms with van der Waals surface area (Å²) in [5.41, 5.74) is 11.4. The van der Waals surface area contributed by atoms with Crippen LogP contribution in [0, 0.1) is 6.92 Å². The van der Waals surface area contributed by atoms with Gasteiger partial charge < -0.3 is 10.7 Å². The van der Waals surface area contributed by atoms with Gasteiger partial charge in [0.2, 0.25) is 0 Å². The van der Waals surface area contributed by atoms with Crippen LogP contribution in [0.1, 0.15) is 5.69 Å². The van der Waals surface area contributed by atoms with E-state index in [0.717, 1.165) is 39.2 Å². The molecule has 0 bridgehead atoms. The molecule has 0 radical (unpaired) electrons. The summed E-state index contributed by atoms with van der Waals surface area (Å²) in [5.74, 6) is 0.379. The minimum Gasteiger partial charge on any atom is -0.369 e. The van der Waals surface area contributed by atoms with Gasteiger partial charge in [0.05, 0.1) is 28.8 Å². The smallest absolute Gasteiger partial charge is 0.198 e. The van der Waals surface area contributed by atoms with Gasteiger partial charge in [-0.25, -0.2) is 4.98 Å². The molecule has 0 spiro atoms. The predicted octanol–water partition coefficient (Wildman–Crippen LogP) is 2.92. The highest BCUT2D eigenvalue weighted by Gasteiger charge is 2.15. The first kappa shape index (κ1) is 13.5. The van der Waals surface area contributed by atoms with E-state index in [1.54, 1.807) is 0 Å². The third-order valence-electron chi connectivity index (χ3n) is 3.89. The van der Waals surface area contributed by atoms with Crippen LogP contribution in [-0.4, -0.2) is 24.7 Å². The Labute approximate surface area is 133 Å². The maximum Gasteiger partial charge on any atom is 0.198 e. The van der Waals surface area contributed by atoms with Gasteiger partial charge in [0.25, 0.3) is 0 Å². The first-order chi connectivity index (χ1) is 11.1. The summed E-state index contributed by atoms with van der Waals surface area (Å²) in [6.45, 7) is 1.96. The molecule has 0 unspecified atom stereocenters. The molecule has 4 aromatic rings. The van der Waals surface area contributed by atoms with Crippen molar-refractivity contribution < 1.29 is 0 Å². The Kier molecular flexibility index (Phi) is 2.90. The standard InChI is InChI=1S/C17H16N6/c1-10-4-3-5-13(20-10)16-15(21-17(18)22-16)11-6-7-14-12(8-11)9-19-23(14)2/h3-9H,1-2H3,(H3,18,21,22). The number of imidazole rings is 1. The van der Waals surface area contributed by atoms with Crippen molar-refractivity contribution in [3.63, 3.8) is 0 Å². The number of hydrogen-bond acceptors (Lipinski definition) is 4. The Morgan fingerprint density at radius 2 is 2.00 bits per heavy atom. The molecule has 3 N–H and O–H groups in total. The topological polar surface area (TPSA) is 85.4 Å². The van der Waals surface area contributed by atoms with Crippen LogP contribution < -0.4 is 5.73 Å². The summed E-state index contributed by atoms with van der Waals surface area (Å²) in [5, 5.41) is 5.34. The molecule has 0 saturated heterocycles. The normalized spacial score (nSPS) is 11.2. The van der Waals surface area contributed by atoms with Gasteiger partial charge in [0.15, 0.2) is 5.95 Å². The van der Waals surface area contributed by atoms with E-state index in [4.69, 9.17) is 5.73 Å². The molecular weight excluding hydrogens is 288 g/mol. The highest BCUT2D eigenvalue weighted by molar-refractivity contribution is 5.87. The Hall–Kier alpha value is -3.15. The number of nitrogens with two attached hydrogens (primary N) is 1. The molecule has 3 aromatic heterocycles. The lowest BCUT2D eigenvalue weighted by Gasteiger charge is -2.04. The number of aromatic amines is 1. The van der Waals surface area contributed by atoms with Gasteiger partial charge in [0, 0.05) is 23.7 Å². The predicted molar refractivity (Wildman–Crippen MR) is 90.7 cm³/mol. The first-order valence-corrected chi connectivity index (χ1v) is 7.33. The summed E-state index contributed by atoms with van der Waals surface area (Å²) in [7, 11) is 1.93. The van der Waals surface area contributed by atoms with E-state index in [1.165, 1.54) is 0 Å². The molecule has 114 valence electrons. The van der Waals surface area contributed by atoms with Crippen LogP contribution in [0.3, 0.4) is 0 Å². The van der Waals surface area contributed by atoms with Crippen molar-refractivity contribution in [3.8, 4) is 22.6 Å². The van der Waals surface area contributed by atoms with Gasteiger partial charge >= 0.3 is 0 Å². The fourth-order valence-electron chi connectivity index (χ4n) is 2.78. The molecule has 0 saturated carbocycles. The number of rotatable bonds is 2. The Balaban J connectivity index is 1.91. The van der Waals surface area contributed by atoms with E-state index >= 15 is 0 Å².